The fourth-order valence-electron chi connectivity index (χ4n) is 5.98. The molecule has 1 heterocycles. The second kappa shape index (κ2) is 10.8. The van der Waals surface area contributed by atoms with Gasteiger partial charge in [-0.3, -0.25) is 24.0 Å². The molecule has 1 aliphatic heterocycles. The quantitative estimate of drug-likeness (QED) is 0.287. The first-order valence-electron chi connectivity index (χ1n) is 13.5. The number of fused-ring (bicyclic) bond motifs is 3. The van der Waals surface area contributed by atoms with Crippen LogP contribution in [0.15, 0.2) is 24.3 Å². The lowest BCUT2D eigenvalue weighted by molar-refractivity contribution is -0.298. The highest BCUT2D eigenvalue weighted by atomic mass is 19.1. The van der Waals surface area contributed by atoms with Crippen molar-refractivity contribution in [3.8, 4) is 11.5 Å². The van der Waals surface area contributed by atoms with Gasteiger partial charge in [-0.05, 0) is 13.8 Å². The van der Waals surface area contributed by atoms with E-state index in [4.69, 9.17) is 18.9 Å². The maximum atomic E-state index is 15.9. The predicted octanol–water partition coefficient (Wildman–Crippen LogP) is 2.14. The average Bonchev–Trinajstić information content (AvgIpc) is 2.93. The monoisotopic (exact) mass is 600 g/mol. The summed E-state index contributed by atoms with van der Waals surface area (Å²) in [4.78, 5) is 62.9. The number of ketones is 3. The maximum absolute atomic E-state index is 15.9. The summed E-state index contributed by atoms with van der Waals surface area (Å²) in [7, 11) is 0. The van der Waals surface area contributed by atoms with E-state index in [1.807, 2.05) is 0 Å². The Morgan fingerprint density at radius 1 is 0.930 bits per heavy atom. The highest BCUT2D eigenvalue weighted by molar-refractivity contribution is 6.30. The van der Waals surface area contributed by atoms with Crippen molar-refractivity contribution in [3.05, 3.63) is 57.6 Å². The number of aromatic hydroxyl groups is 2. The van der Waals surface area contributed by atoms with Gasteiger partial charge in [0.1, 0.15) is 17.1 Å². The number of phenolic OH excluding ortho intramolecular Hbond substituents is 2. The number of halogens is 1. The Kier molecular flexibility index (Phi) is 7.61. The van der Waals surface area contributed by atoms with Crippen molar-refractivity contribution in [1.29, 1.82) is 0 Å². The minimum Gasteiger partial charge on any atom is -0.507 e. The molecule has 0 aromatic heterocycles. The van der Waals surface area contributed by atoms with Crippen LogP contribution in [0, 0.1) is 0 Å². The van der Waals surface area contributed by atoms with Gasteiger partial charge in [-0.2, -0.15) is 0 Å². The van der Waals surface area contributed by atoms with Gasteiger partial charge in [-0.15, -0.1) is 0 Å². The molecular weight excluding hydrogens is 571 g/mol. The van der Waals surface area contributed by atoms with Crippen LogP contribution in [0.1, 0.15) is 83.2 Å². The third-order valence-corrected chi connectivity index (χ3v) is 8.04. The molecule has 2 aromatic rings. The average molecular weight is 601 g/mol. The van der Waals surface area contributed by atoms with Crippen molar-refractivity contribution in [1.82, 2.24) is 0 Å². The van der Waals surface area contributed by atoms with E-state index in [0.717, 1.165) is 20.8 Å². The van der Waals surface area contributed by atoms with Crippen molar-refractivity contribution in [2.45, 2.75) is 83.0 Å². The van der Waals surface area contributed by atoms with E-state index >= 15 is 4.39 Å². The van der Waals surface area contributed by atoms with E-state index in [9.17, 15) is 39.3 Å². The molecule has 0 spiro atoms. The van der Waals surface area contributed by atoms with Crippen molar-refractivity contribution in [3.63, 3.8) is 0 Å². The Morgan fingerprint density at radius 3 is 2.00 bits per heavy atom. The van der Waals surface area contributed by atoms with Gasteiger partial charge in [0.05, 0.1) is 23.3 Å². The number of carbonyl (C=O) groups is 5. The number of Topliss-reactive ketones (excluding diaryl/α,β-unsaturated/α-hetero) is 1. The van der Waals surface area contributed by atoms with Crippen LogP contribution < -0.4 is 0 Å². The normalized spacial score (nSPS) is 29.6. The van der Waals surface area contributed by atoms with E-state index in [2.05, 4.69) is 0 Å². The number of phenols is 2. The van der Waals surface area contributed by atoms with E-state index in [1.165, 1.54) is 31.2 Å². The van der Waals surface area contributed by atoms with Crippen LogP contribution in [0.5, 0.6) is 11.5 Å². The summed E-state index contributed by atoms with van der Waals surface area (Å²) in [6.07, 6.45) is -10.9. The summed E-state index contributed by atoms with van der Waals surface area (Å²) in [6.45, 7) is 4.60. The number of alkyl halides is 1. The number of ether oxygens (including phenoxy) is 4. The molecule has 7 atom stereocenters. The van der Waals surface area contributed by atoms with Crippen LogP contribution in [0.25, 0.3) is 0 Å². The molecule has 0 amide bonds. The molecule has 1 saturated heterocycles. The standard InChI is InChI=1S/C30H29FO12/c1-11-27(41-13(3)33)28(42-14(4)34)22(31)29(40-11)43-18-10-30(39,12(2)32)9-17-19(18)26(38)21-20(25(17)37)23(35)15-7-5-6-8-16(15)24(21)36/h5-8,11,18,22,27-29,37-39H,9-10H2,1-4H3/t11-,18-,22+,27+,28-,29-,30-/m0/s1. The summed E-state index contributed by atoms with van der Waals surface area (Å²) >= 11 is 0. The molecule has 3 N–H and O–H groups in total. The zero-order valence-corrected chi connectivity index (χ0v) is 23.6. The van der Waals surface area contributed by atoms with E-state index < -0.39 is 107 Å². The third-order valence-electron chi connectivity index (χ3n) is 8.04. The molecule has 0 bridgehead atoms. The first-order valence-corrected chi connectivity index (χ1v) is 13.5. The van der Waals surface area contributed by atoms with E-state index in [1.54, 1.807) is 0 Å². The first-order chi connectivity index (χ1) is 20.2. The number of rotatable bonds is 5. The molecule has 2 aliphatic carbocycles. The molecule has 2 aromatic carbocycles. The Balaban J connectivity index is 1.62. The molecule has 1 fully saturated rings. The minimum atomic E-state index is -2.27. The van der Waals surface area contributed by atoms with Gasteiger partial charge in [0.25, 0.3) is 0 Å². The van der Waals surface area contributed by atoms with E-state index in [0.29, 0.717) is 0 Å². The molecule has 0 radical (unpaired) electrons. The minimum absolute atomic E-state index is 0.0104. The summed E-state index contributed by atoms with van der Waals surface area (Å²) in [6, 6.07) is 5.82. The largest absolute Gasteiger partial charge is 0.507 e. The van der Waals surface area contributed by atoms with Gasteiger partial charge in [-0.1, -0.05) is 24.3 Å². The molecule has 0 saturated carbocycles. The van der Waals surface area contributed by atoms with Gasteiger partial charge in [-0.25, -0.2) is 4.39 Å². The second-order valence-corrected chi connectivity index (χ2v) is 10.9. The summed E-state index contributed by atoms with van der Waals surface area (Å²) in [5.41, 5.74) is -3.74. The fraction of sp³-hybridized carbons (Fsp3) is 0.433. The van der Waals surface area contributed by atoms with Crippen LogP contribution >= 0.6 is 0 Å². The van der Waals surface area contributed by atoms with Gasteiger partial charge < -0.3 is 34.3 Å². The number of hydrogen-bond acceptors (Lipinski definition) is 12. The maximum Gasteiger partial charge on any atom is 0.303 e. The van der Waals surface area contributed by atoms with Crippen LogP contribution in [0.2, 0.25) is 0 Å². The summed E-state index contributed by atoms with van der Waals surface area (Å²) < 4.78 is 37.7. The molecule has 5 rings (SSSR count). The van der Waals surface area contributed by atoms with Gasteiger partial charge in [0.2, 0.25) is 0 Å². The lowest BCUT2D eigenvalue weighted by atomic mass is 9.72. The fourth-order valence-corrected chi connectivity index (χ4v) is 5.98. The molecule has 228 valence electrons. The summed E-state index contributed by atoms with van der Waals surface area (Å²) in [5, 5.41) is 34.1. The van der Waals surface area contributed by atoms with Gasteiger partial charge in [0, 0.05) is 48.9 Å². The molecule has 12 nitrogen and oxygen atoms in total. The van der Waals surface area contributed by atoms with Crippen molar-refractivity contribution >= 4 is 29.3 Å². The Bertz CT molecular complexity index is 1570. The lowest BCUT2D eigenvalue weighted by Gasteiger charge is -2.44. The van der Waals surface area contributed by atoms with Crippen molar-refractivity contribution in [2.24, 2.45) is 0 Å². The second-order valence-electron chi connectivity index (χ2n) is 10.9. The van der Waals surface area contributed by atoms with Crippen LogP contribution in [0.4, 0.5) is 4.39 Å². The SMILES string of the molecule is CC(=O)O[C@H]1[C@@H](F)[C@H](O[C@H]2C[C@](O)(C(C)=O)Cc3c(O)c4c(c(O)c32)C(=O)c2ccccc2C4=O)O[C@@H](C)[C@H]1OC(C)=O. The zero-order valence-electron chi connectivity index (χ0n) is 23.6. The smallest absolute Gasteiger partial charge is 0.303 e. The molecule has 13 heteroatoms. The van der Waals surface area contributed by atoms with Gasteiger partial charge >= 0.3 is 11.9 Å². The van der Waals surface area contributed by atoms with Crippen LogP contribution in [0.3, 0.4) is 0 Å². The van der Waals surface area contributed by atoms with E-state index in [-0.39, 0.29) is 22.3 Å². The molecule has 43 heavy (non-hydrogen) atoms. The zero-order chi connectivity index (χ0) is 31.5. The number of esters is 2. The highest BCUT2D eigenvalue weighted by Crippen LogP contribution is 2.52. The van der Waals surface area contributed by atoms with Crippen LogP contribution in [-0.2, 0) is 39.8 Å². The summed E-state index contributed by atoms with van der Waals surface area (Å²) in [5.74, 6) is -5.45. The Labute approximate surface area is 244 Å². The Morgan fingerprint density at radius 2 is 1.47 bits per heavy atom. The van der Waals surface area contributed by atoms with Gasteiger partial charge in [0.15, 0.2) is 42.0 Å². The Hall–Kier alpha value is -4.20. The number of benzene rings is 2. The molecule has 0 unspecified atom stereocenters. The lowest BCUT2D eigenvalue weighted by Crippen LogP contribution is -2.59. The highest BCUT2D eigenvalue weighted by Gasteiger charge is 2.53. The van der Waals surface area contributed by atoms with Crippen molar-refractivity contribution < 1.29 is 62.6 Å². The molecular formula is C30H29FO12. The van der Waals surface area contributed by atoms with Crippen LogP contribution in [-0.4, -0.2) is 81.0 Å². The molecule has 3 aliphatic rings. The van der Waals surface area contributed by atoms with Crippen molar-refractivity contribution in [2.75, 3.05) is 0 Å². The third kappa shape index (κ3) is 4.96. The number of hydrogen-bond donors (Lipinski definition) is 3. The predicted molar refractivity (Wildman–Crippen MR) is 141 cm³/mol. The first kappa shape index (κ1) is 30.3. The topological polar surface area (TPSA) is 183 Å². The number of aliphatic hydroxyl groups is 1. The number of carbonyl (C=O) groups excluding carboxylic acids is 5.